The molecule has 1 atom stereocenters. The number of carbonyl (C=O) groups is 1. The number of fused-ring (bicyclic) bond motifs is 2. The van der Waals surface area contributed by atoms with Crippen LogP contribution in [0.25, 0.3) is 0 Å². The first-order chi connectivity index (χ1) is 8.97. The smallest absolute Gasteiger partial charge is 0.414 e. The third-order valence-electron chi connectivity index (χ3n) is 3.26. The summed E-state index contributed by atoms with van der Waals surface area (Å²) in [4.78, 5) is 13.3. The van der Waals surface area contributed by atoms with E-state index < -0.39 is 30.4 Å². The van der Waals surface area contributed by atoms with E-state index in [1.807, 2.05) is 0 Å². The van der Waals surface area contributed by atoms with Gasteiger partial charge in [-0.2, -0.15) is 13.2 Å². The van der Waals surface area contributed by atoms with Gasteiger partial charge in [-0.3, -0.25) is 10.1 Å². The molecule has 4 nitrogen and oxygen atoms in total. The van der Waals surface area contributed by atoms with Gasteiger partial charge in [0.2, 0.25) is 0 Å². The molecule has 0 fully saturated rings. The van der Waals surface area contributed by atoms with Gasteiger partial charge in [-0.25, -0.2) is 0 Å². The molecule has 3 aliphatic heterocycles. The molecular formula is C12H11F3N2O2. The maximum Gasteiger partial charge on any atom is 0.414 e. The van der Waals surface area contributed by atoms with E-state index in [1.165, 1.54) is 6.26 Å². The van der Waals surface area contributed by atoms with Gasteiger partial charge in [0, 0.05) is 6.54 Å². The highest BCUT2D eigenvalue weighted by Gasteiger charge is 2.42. The minimum atomic E-state index is -4.42. The fraction of sp³-hybridized carbons (Fsp3) is 0.417. The van der Waals surface area contributed by atoms with Crippen molar-refractivity contribution in [1.29, 1.82) is 0 Å². The van der Waals surface area contributed by atoms with Gasteiger partial charge < -0.3 is 9.64 Å². The summed E-state index contributed by atoms with van der Waals surface area (Å²) < 4.78 is 43.3. The molecule has 3 heterocycles. The van der Waals surface area contributed by atoms with Crippen molar-refractivity contribution in [3.05, 3.63) is 35.3 Å². The minimum Gasteiger partial charge on any atom is -0.476 e. The summed E-state index contributed by atoms with van der Waals surface area (Å²) in [5, 5.41) is 3.00. The molecule has 0 unspecified atom stereocenters. The average Bonchev–Trinajstić information content (AvgIpc) is 2.75. The Kier molecular flexibility index (Phi) is 2.67. The first-order valence-corrected chi connectivity index (χ1v) is 5.85. The number of hydrogen-bond donors (Lipinski definition) is 1. The Bertz CT molecular complexity index is 520. The number of carbonyl (C=O) groups excluding carboxylic acids is 1. The van der Waals surface area contributed by atoms with Crippen molar-refractivity contribution in [3.8, 4) is 0 Å². The molecule has 0 aliphatic carbocycles. The highest BCUT2D eigenvalue weighted by Crippen LogP contribution is 2.35. The van der Waals surface area contributed by atoms with E-state index in [2.05, 4.69) is 5.32 Å². The average molecular weight is 272 g/mol. The van der Waals surface area contributed by atoms with E-state index in [1.54, 1.807) is 6.08 Å². The van der Waals surface area contributed by atoms with E-state index in [0.717, 1.165) is 11.0 Å². The molecule has 0 saturated heterocycles. The Morgan fingerprint density at radius 1 is 1.42 bits per heavy atom. The van der Waals surface area contributed by atoms with Gasteiger partial charge >= 0.3 is 6.18 Å². The highest BCUT2D eigenvalue weighted by molar-refractivity contribution is 5.97. The van der Waals surface area contributed by atoms with Crippen LogP contribution >= 0.6 is 0 Å². The van der Waals surface area contributed by atoms with E-state index in [-0.39, 0.29) is 5.70 Å². The van der Waals surface area contributed by atoms with Crippen molar-refractivity contribution in [2.75, 3.05) is 13.1 Å². The standard InChI is InChI=1S/C12H11F3N2O2/c13-12(14,15)7-4-8-6-19-10-9(2-1-3-16-10)11(18)17(8)5-7/h2,4,6,10,16H,1,3,5H2/t10-/m0/s1. The lowest BCUT2D eigenvalue weighted by atomic mass is 10.1. The van der Waals surface area contributed by atoms with Crippen LogP contribution in [0.4, 0.5) is 13.2 Å². The highest BCUT2D eigenvalue weighted by atomic mass is 19.4. The third kappa shape index (κ3) is 2.03. The molecule has 0 aromatic carbocycles. The number of nitrogens with zero attached hydrogens (tertiary/aromatic N) is 1. The Labute approximate surface area is 107 Å². The van der Waals surface area contributed by atoms with Crippen molar-refractivity contribution in [1.82, 2.24) is 10.2 Å². The van der Waals surface area contributed by atoms with E-state index >= 15 is 0 Å². The Morgan fingerprint density at radius 3 is 2.95 bits per heavy atom. The molecular weight excluding hydrogens is 261 g/mol. The molecule has 3 aliphatic rings. The van der Waals surface area contributed by atoms with Crippen LogP contribution in [0.2, 0.25) is 0 Å². The van der Waals surface area contributed by atoms with Gasteiger partial charge in [0.1, 0.15) is 6.26 Å². The Morgan fingerprint density at radius 2 is 2.21 bits per heavy atom. The van der Waals surface area contributed by atoms with Crippen molar-refractivity contribution < 1.29 is 22.7 Å². The lowest BCUT2D eigenvalue weighted by Crippen LogP contribution is -2.41. The van der Waals surface area contributed by atoms with Crippen LogP contribution in [0.15, 0.2) is 35.3 Å². The number of hydrogen-bond acceptors (Lipinski definition) is 3. The van der Waals surface area contributed by atoms with E-state index in [4.69, 9.17) is 4.74 Å². The fourth-order valence-corrected chi connectivity index (χ4v) is 2.30. The summed E-state index contributed by atoms with van der Waals surface area (Å²) in [6, 6.07) is 0. The van der Waals surface area contributed by atoms with Crippen molar-refractivity contribution in [2.24, 2.45) is 0 Å². The molecule has 102 valence electrons. The van der Waals surface area contributed by atoms with E-state index in [9.17, 15) is 18.0 Å². The van der Waals surface area contributed by atoms with Crippen LogP contribution < -0.4 is 5.32 Å². The van der Waals surface area contributed by atoms with Gasteiger partial charge in [0.15, 0.2) is 6.23 Å². The normalized spacial score (nSPS) is 26.7. The molecule has 0 aromatic heterocycles. The third-order valence-corrected chi connectivity index (χ3v) is 3.26. The monoisotopic (exact) mass is 272 g/mol. The van der Waals surface area contributed by atoms with E-state index in [0.29, 0.717) is 18.5 Å². The number of alkyl halides is 3. The first kappa shape index (κ1) is 12.3. The maximum atomic E-state index is 12.7. The number of halogens is 3. The topological polar surface area (TPSA) is 41.6 Å². The number of ether oxygens (including phenoxy) is 1. The van der Waals surface area contributed by atoms with Gasteiger partial charge in [-0.05, 0) is 12.5 Å². The van der Waals surface area contributed by atoms with Gasteiger partial charge in [0.05, 0.1) is 23.4 Å². The zero-order valence-corrected chi connectivity index (χ0v) is 9.83. The zero-order valence-electron chi connectivity index (χ0n) is 9.83. The summed E-state index contributed by atoms with van der Waals surface area (Å²) >= 11 is 0. The first-order valence-electron chi connectivity index (χ1n) is 5.85. The quantitative estimate of drug-likeness (QED) is 0.725. The van der Waals surface area contributed by atoms with Gasteiger partial charge in [-0.1, -0.05) is 6.08 Å². The molecule has 7 heteroatoms. The second-order valence-electron chi connectivity index (χ2n) is 4.52. The van der Waals surface area contributed by atoms with Crippen molar-refractivity contribution in [3.63, 3.8) is 0 Å². The van der Waals surface area contributed by atoms with Gasteiger partial charge in [0.25, 0.3) is 5.91 Å². The molecule has 1 N–H and O–H groups in total. The van der Waals surface area contributed by atoms with Crippen LogP contribution in [-0.2, 0) is 9.53 Å². The minimum absolute atomic E-state index is 0.148. The molecule has 0 radical (unpaired) electrons. The zero-order chi connectivity index (χ0) is 13.6. The molecule has 1 amide bonds. The van der Waals surface area contributed by atoms with Crippen molar-refractivity contribution >= 4 is 5.91 Å². The molecule has 3 rings (SSSR count). The van der Waals surface area contributed by atoms with Crippen LogP contribution in [-0.4, -0.2) is 36.3 Å². The molecule has 0 aromatic rings. The largest absolute Gasteiger partial charge is 0.476 e. The summed E-state index contributed by atoms with van der Waals surface area (Å²) in [5.74, 6) is -0.434. The Hall–Kier alpha value is -1.76. The maximum absolute atomic E-state index is 12.7. The molecule has 0 bridgehead atoms. The number of allylic oxidation sites excluding steroid dienone is 1. The van der Waals surface area contributed by atoms with Crippen molar-refractivity contribution in [2.45, 2.75) is 18.8 Å². The summed E-state index contributed by atoms with van der Waals surface area (Å²) in [7, 11) is 0. The molecule has 0 spiro atoms. The molecule has 19 heavy (non-hydrogen) atoms. The number of amides is 1. The fourth-order valence-electron chi connectivity index (χ4n) is 2.30. The predicted octanol–water partition coefficient (Wildman–Crippen LogP) is 1.43. The Balaban J connectivity index is 1.94. The molecule has 0 saturated carbocycles. The predicted molar refractivity (Wildman–Crippen MR) is 59.5 cm³/mol. The number of rotatable bonds is 0. The van der Waals surface area contributed by atoms with Crippen LogP contribution in [0, 0.1) is 0 Å². The lowest BCUT2D eigenvalue weighted by Gasteiger charge is -2.24. The SMILES string of the molecule is O=C1C2=CCCN[C@H]2OC=C2C=C(C(F)(F)F)CN12. The van der Waals surface area contributed by atoms with Crippen LogP contribution in [0.5, 0.6) is 0 Å². The van der Waals surface area contributed by atoms with Crippen LogP contribution in [0.3, 0.4) is 0 Å². The summed E-state index contributed by atoms with van der Waals surface area (Å²) in [5.41, 5.74) is -0.220. The second kappa shape index (κ2) is 4.12. The second-order valence-corrected chi connectivity index (χ2v) is 4.52. The summed E-state index contributed by atoms with van der Waals surface area (Å²) in [6.45, 7) is 0.218. The van der Waals surface area contributed by atoms with Gasteiger partial charge in [-0.15, -0.1) is 0 Å². The van der Waals surface area contributed by atoms with Crippen LogP contribution in [0.1, 0.15) is 6.42 Å². The lowest BCUT2D eigenvalue weighted by molar-refractivity contribution is -0.126. The number of nitrogens with one attached hydrogen (secondary N) is 1. The summed E-state index contributed by atoms with van der Waals surface area (Å²) in [6.07, 6.45) is -0.459.